The molecule has 3 nitrogen and oxygen atoms in total. The van der Waals surface area contributed by atoms with Gasteiger partial charge in [0.25, 0.3) is 5.91 Å². The molecular weight excluding hydrogens is 392 g/mol. The Morgan fingerprint density at radius 1 is 0.967 bits per heavy atom. The van der Waals surface area contributed by atoms with E-state index in [1.165, 1.54) is 11.1 Å². The van der Waals surface area contributed by atoms with Gasteiger partial charge in [-0.2, -0.15) is 0 Å². The van der Waals surface area contributed by atoms with Crippen molar-refractivity contribution < 1.29 is 4.79 Å². The maximum atomic E-state index is 13.5. The van der Waals surface area contributed by atoms with Gasteiger partial charge in [0.1, 0.15) is 0 Å². The standard InChI is InChI=1S/C26H27ClN2O/c1-20-10-12-24(13-11-20)29(26(30)22-8-5-9-23(27)18-22)25-14-16-28(17-15-25)19-21-6-3-2-4-7-21/h2-13,18,25H,14-17,19H2,1H3. The third-order valence-corrected chi connectivity index (χ3v) is 6.01. The molecule has 1 amide bonds. The number of rotatable bonds is 5. The Kier molecular flexibility index (Phi) is 6.51. The highest BCUT2D eigenvalue weighted by molar-refractivity contribution is 6.31. The molecule has 3 aromatic rings. The van der Waals surface area contributed by atoms with Gasteiger partial charge in [0.05, 0.1) is 0 Å². The monoisotopic (exact) mass is 418 g/mol. The third kappa shape index (κ3) is 4.92. The van der Waals surface area contributed by atoms with Crippen molar-refractivity contribution in [1.82, 2.24) is 4.90 Å². The van der Waals surface area contributed by atoms with E-state index in [1.807, 2.05) is 29.2 Å². The van der Waals surface area contributed by atoms with Gasteiger partial charge in [-0.25, -0.2) is 0 Å². The Hall–Kier alpha value is -2.62. The van der Waals surface area contributed by atoms with E-state index in [1.54, 1.807) is 12.1 Å². The molecule has 154 valence electrons. The smallest absolute Gasteiger partial charge is 0.258 e. The molecule has 4 heteroatoms. The van der Waals surface area contributed by atoms with Crippen molar-refractivity contribution in [1.29, 1.82) is 0 Å². The van der Waals surface area contributed by atoms with Gasteiger partial charge >= 0.3 is 0 Å². The topological polar surface area (TPSA) is 23.6 Å². The molecule has 0 radical (unpaired) electrons. The summed E-state index contributed by atoms with van der Waals surface area (Å²) >= 11 is 6.16. The van der Waals surface area contributed by atoms with Gasteiger partial charge in [-0.05, 0) is 55.7 Å². The Balaban J connectivity index is 1.53. The van der Waals surface area contributed by atoms with Crippen LogP contribution in [-0.4, -0.2) is 29.9 Å². The fraction of sp³-hybridized carbons (Fsp3) is 0.269. The summed E-state index contributed by atoms with van der Waals surface area (Å²) in [5.41, 5.74) is 4.11. The normalized spacial score (nSPS) is 15.1. The van der Waals surface area contributed by atoms with Gasteiger partial charge in [0, 0.05) is 41.9 Å². The second kappa shape index (κ2) is 9.46. The van der Waals surface area contributed by atoms with Crippen LogP contribution in [0, 0.1) is 6.92 Å². The molecule has 0 atom stereocenters. The van der Waals surface area contributed by atoms with E-state index in [0.29, 0.717) is 10.6 Å². The molecule has 1 fully saturated rings. The van der Waals surface area contributed by atoms with E-state index < -0.39 is 0 Å². The van der Waals surface area contributed by atoms with Crippen LogP contribution in [0.25, 0.3) is 0 Å². The Morgan fingerprint density at radius 3 is 2.33 bits per heavy atom. The summed E-state index contributed by atoms with van der Waals surface area (Å²) in [5, 5.41) is 0.586. The number of anilines is 1. The fourth-order valence-electron chi connectivity index (χ4n) is 4.14. The molecular formula is C26H27ClN2O. The van der Waals surface area contributed by atoms with E-state index in [-0.39, 0.29) is 11.9 Å². The molecule has 3 aromatic carbocycles. The molecule has 1 heterocycles. The molecule has 0 spiro atoms. The second-order valence-electron chi connectivity index (χ2n) is 8.01. The number of carbonyl (C=O) groups excluding carboxylic acids is 1. The molecule has 0 unspecified atom stereocenters. The van der Waals surface area contributed by atoms with Crippen molar-refractivity contribution >= 4 is 23.2 Å². The maximum Gasteiger partial charge on any atom is 0.258 e. The summed E-state index contributed by atoms with van der Waals surface area (Å²) in [4.78, 5) is 18.0. The van der Waals surface area contributed by atoms with Crippen LogP contribution in [0.4, 0.5) is 5.69 Å². The zero-order valence-corrected chi connectivity index (χ0v) is 18.1. The van der Waals surface area contributed by atoms with E-state index in [9.17, 15) is 4.79 Å². The number of carbonyl (C=O) groups is 1. The lowest BCUT2D eigenvalue weighted by Gasteiger charge is -2.38. The van der Waals surface area contributed by atoms with Crippen molar-refractivity contribution in [2.24, 2.45) is 0 Å². The van der Waals surface area contributed by atoms with Gasteiger partial charge in [-0.3, -0.25) is 9.69 Å². The Labute approximate surface area is 183 Å². The molecule has 0 aromatic heterocycles. The number of halogens is 1. The first-order valence-electron chi connectivity index (χ1n) is 10.5. The van der Waals surface area contributed by atoms with Crippen molar-refractivity contribution in [2.75, 3.05) is 18.0 Å². The van der Waals surface area contributed by atoms with Crippen LogP contribution >= 0.6 is 11.6 Å². The van der Waals surface area contributed by atoms with Crippen LogP contribution in [0.15, 0.2) is 78.9 Å². The predicted octanol–water partition coefficient (Wildman–Crippen LogP) is 5.96. The maximum absolute atomic E-state index is 13.5. The van der Waals surface area contributed by atoms with Crippen molar-refractivity contribution in [3.05, 3.63) is 101 Å². The van der Waals surface area contributed by atoms with Gasteiger partial charge in [0.15, 0.2) is 0 Å². The summed E-state index contributed by atoms with van der Waals surface area (Å²) in [5.74, 6) is 0.0165. The summed E-state index contributed by atoms with van der Waals surface area (Å²) < 4.78 is 0. The predicted molar refractivity (Wildman–Crippen MR) is 124 cm³/mol. The van der Waals surface area contributed by atoms with E-state index in [4.69, 9.17) is 11.6 Å². The number of piperidine rings is 1. The molecule has 1 saturated heterocycles. The summed E-state index contributed by atoms with van der Waals surface area (Å²) in [6.45, 7) is 4.98. The Bertz CT molecular complexity index is 979. The van der Waals surface area contributed by atoms with Gasteiger partial charge in [-0.1, -0.05) is 65.7 Å². The highest BCUT2D eigenvalue weighted by Gasteiger charge is 2.30. The lowest BCUT2D eigenvalue weighted by Crippen LogP contribution is -2.47. The molecule has 0 saturated carbocycles. The van der Waals surface area contributed by atoms with Crippen LogP contribution < -0.4 is 4.90 Å². The summed E-state index contributed by atoms with van der Waals surface area (Å²) in [6, 6.07) is 26.2. The third-order valence-electron chi connectivity index (χ3n) is 5.77. The van der Waals surface area contributed by atoms with Crippen molar-refractivity contribution in [2.45, 2.75) is 32.4 Å². The quantitative estimate of drug-likeness (QED) is 0.510. The second-order valence-corrected chi connectivity index (χ2v) is 8.45. The van der Waals surface area contributed by atoms with E-state index in [0.717, 1.165) is 38.2 Å². The average molecular weight is 419 g/mol. The zero-order chi connectivity index (χ0) is 20.9. The van der Waals surface area contributed by atoms with Crippen molar-refractivity contribution in [3.8, 4) is 0 Å². The first-order valence-corrected chi connectivity index (χ1v) is 10.9. The van der Waals surface area contributed by atoms with Crippen LogP contribution in [-0.2, 0) is 6.54 Å². The Morgan fingerprint density at radius 2 is 1.67 bits per heavy atom. The first-order chi connectivity index (χ1) is 14.6. The number of hydrogen-bond acceptors (Lipinski definition) is 2. The number of likely N-dealkylation sites (tertiary alicyclic amines) is 1. The highest BCUT2D eigenvalue weighted by atomic mass is 35.5. The molecule has 0 aliphatic carbocycles. The molecule has 1 aliphatic heterocycles. The summed E-state index contributed by atoms with van der Waals surface area (Å²) in [6.07, 6.45) is 1.90. The van der Waals surface area contributed by atoms with Crippen LogP contribution in [0.3, 0.4) is 0 Å². The average Bonchev–Trinajstić information content (AvgIpc) is 2.77. The number of benzene rings is 3. The first kappa shape index (κ1) is 20.6. The number of nitrogens with zero attached hydrogens (tertiary/aromatic N) is 2. The minimum absolute atomic E-state index is 0.0165. The minimum Gasteiger partial charge on any atom is -0.305 e. The largest absolute Gasteiger partial charge is 0.305 e. The minimum atomic E-state index is 0.0165. The van der Waals surface area contributed by atoms with Crippen LogP contribution in [0.1, 0.15) is 34.3 Å². The SMILES string of the molecule is Cc1ccc(N(C(=O)c2cccc(Cl)c2)C2CCN(Cc3ccccc3)CC2)cc1. The number of amides is 1. The number of hydrogen-bond donors (Lipinski definition) is 0. The molecule has 0 bridgehead atoms. The molecule has 0 N–H and O–H groups in total. The van der Waals surface area contributed by atoms with Crippen LogP contribution in [0.5, 0.6) is 0 Å². The number of aryl methyl sites for hydroxylation is 1. The highest BCUT2D eigenvalue weighted by Crippen LogP contribution is 2.27. The molecule has 1 aliphatic rings. The van der Waals surface area contributed by atoms with Gasteiger partial charge < -0.3 is 4.90 Å². The van der Waals surface area contributed by atoms with Gasteiger partial charge in [-0.15, -0.1) is 0 Å². The lowest BCUT2D eigenvalue weighted by molar-refractivity contribution is 0.0958. The summed E-state index contributed by atoms with van der Waals surface area (Å²) in [7, 11) is 0. The van der Waals surface area contributed by atoms with Crippen LogP contribution in [0.2, 0.25) is 5.02 Å². The van der Waals surface area contributed by atoms with E-state index >= 15 is 0 Å². The van der Waals surface area contributed by atoms with Crippen molar-refractivity contribution in [3.63, 3.8) is 0 Å². The molecule has 4 rings (SSSR count). The fourth-order valence-corrected chi connectivity index (χ4v) is 4.33. The van der Waals surface area contributed by atoms with E-state index in [2.05, 4.69) is 54.3 Å². The lowest BCUT2D eigenvalue weighted by atomic mass is 10.00. The molecule has 30 heavy (non-hydrogen) atoms. The zero-order valence-electron chi connectivity index (χ0n) is 17.3. The van der Waals surface area contributed by atoms with Gasteiger partial charge in [0.2, 0.25) is 0 Å².